The van der Waals surface area contributed by atoms with E-state index in [4.69, 9.17) is 0 Å². The third kappa shape index (κ3) is 10.5. The number of carbonyl (C=O) groups is 4. The first-order valence-corrected chi connectivity index (χ1v) is 19.9. The molecular formula is C42H55BrN6O5. The average Bonchev–Trinajstić information content (AvgIpc) is 3.93. The minimum atomic E-state index is -0.708. The van der Waals surface area contributed by atoms with Crippen molar-refractivity contribution in [1.82, 2.24) is 26.6 Å². The number of amides is 4. The van der Waals surface area contributed by atoms with Crippen molar-refractivity contribution in [3.05, 3.63) is 99.5 Å². The lowest BCUT2D eigenvalue weighted by Gasteiger charge is -2.39. The fourth-order valence-electron chi connectivity index (χ4n) is 7.32. The van der Waals surface area contributed by atoms with Gasteiger partial charge in [-0.15, -0.1) is 0 Å². The lowest BCUT2D eigenvalue weighted by atomic mass is 9.98. The number of aliphatic hydroxyl groups excluding tert-OH is 1. The Morgan fingerprint density at radius 1 is 0.852 bits per heavy atom. The molecule has 1 aliphatic carbocycles. The molecule has 3 aromatic carbocycles. The molecule has 0 aromatic heterocycles. The van der Waals surface area contributed by atoms with Crippen LogP contribution in [-0.4, -0.2) is 72.2 Å². The van der Waals surface area contributed by atoms with Crippen LogP contribution in [0.1, 0.15) is 92.3 Å². The van der Waals surface area contributed by atoms with Gasteiger partial charge in [0.15, 0.2) is 0 Å². The molecule has 1 saturated carbocycles. The van der Waals surface area contributed by atoms with Crippen LogP contribution >= 0.6 is 15.9 Å². The lowest BCUT2D eigenvalue weighted by molar-refractivity contribution is -0.130. The van der Waals surface area contributed by atoms with Crippen LogP contribution in [0, 0.1) is 17.8 Å². The normalized spacial score (nSPS) is 21.2. The molecule has 4 amide bonds. The summed E-state index contributed by atoms with van der Waals surface area (Å²) in [5, 5.41) is 26.5. The molecule has 1 heterocycles. The molecule has 6 N–H and O–H groups in total. The summed E-state index contributed by atoms with van der Waals surface area (Å²) in [4.78, 5) is 55.8. The fourth-order valence-corrected chi connectivity index (χ4v) is 7.59. The van der Waals surface area contributed by atoms with E-state index in [1.807, 2.05) is 87.2 Å². The highest BCUT2D eigenvalue weighted by Crippen LogP contribution is 2.51. The van der Waals surface area contributed by atoms with Gasteiger partial charge in [0.2, 0.25) is 11.8 Å². The van der Waals surface area contributed by atoms with E-state index < -0.39 is 24.4 Å². The molecule has 5 rings (SSSR count). The van der Waals surface area contributed by atoms with Crippen LogP contribution in [-0.2, 0) is 16.0 Å². The Morgan fingerprint density at radius 2 is 1.50 bits per heavy atom. The standard InChI is InChI=1S/C42H55BrN6O5/c1-7-44-41(53)37(24(2)3)48-38(50)27(6)45-23-34(18-28-11-9-8-10-12-28)47-40(52)32-19-31(39(51)46-26(5)29-13-15-33(43)16-14-29)20-35(21-32)49-25(4)17-30-22-36(30)42(49)54/h8-16,19-21,24-27,30,34,36-37,42,45,54H,7,17-18,22-23H2,1-6H3,(H,44,53)(H,46,51)(H,47,52)(H,48,50)/t25?,26-,27+,30?,34+,36?,37+,42?/m1/s1. The van der Waals surface area contributed by atoms with E-state index in [-0.39, 0.29) is 59.7 Å². The summed E-state index contributed by atoms with van der Waals surface area (Å²) >= 11 is 3.46. The molecular weight excluding hydrogens is 748 g/mol. The van der Waals surface area contributed by atoms with Gasteiger partial charge in [0.25, 0.3) is 11.8 Å². The SMILES string of the molecule is CCNC(=O)[C@@H](NC(=O)[C@H](C)NC[C@H](Cc1ccccc1)NC(=O)c1cc(C(=O)N[C@H](C)c2ccc(Br)cc2)cc(N2C(C)CC3CC3C2O)c1)C(C)C. The van der Waals surface area contributed by atoms with Gasteiger partial charge in [0.1, 0.15) is 12.3 Å². The minimum Gasteiger partial charge on any atom is -0.373 e. The van der Waals surface area contributed by atoms with Gasteiger partial charge in [-0.3, -0.25) is 19.2 Å². The number of hydrogen-bond acceptors (Lipinski definition) is 7. The third-order valence-corrected chi connectivity index (χ3v) is 11.1. The summed E-state index contributed by atoms with van der Waals surface area (Å²) in [7, 11) is 0. The van der Waals surface area contributed by atoms with E-state index in [0.29, 0.717) is 30.1 Å². The number of likely N-dealkylation sites (N-methyl/N-ethyl adjacent to an activating group) is 1. The fraction of sp³-hybridized carbons (Fsp3) is 0.476. The molecule has 1 saturated heterocycles. The molecule has 11 nitrogen and oxygen atoms in total. The van der Waals surface area contributed by atoms with Crippen LogP contribution < -0.4 is 31.5 Å². The van der Waals surface area contributed by atoms with Crippen LogP contribution in [0.3, 0.4) is 0 Å². The van der Waals surface area contributed by atoms with Crippen molar-refractivity contribution in [3.63, 3.8) is 0 Å². The maximum absolute atomic E-state index is 14.2. The molecule has 290 valence electrons. The minimum absolute atomic E-state index is 0.0191. The summed E-state index contributed by atoms with van der Waals surface area (Å²) in [5.74, 6) is -0.713. The van der Waals surface area contributed by atoms with Gasteiger partial charge in [-0.25, -0.2) is 0 Å². The first-order chi connectivity index (χ1) is 25.7. The maximum Gasteiger partial charge on any atom is 0.251 e. The Balaban J connectivity index is 1.38. The third-order valence-electron chi connectivity index (χ3n) is 10.5. The van der Waals surface area contributed by atoms with E-state index in [9.17, 15) is 24.3 Å². The maximum atomic E-state index is 14.2. The van der Waals surface area contributed by atoms with Gasteiger partial charge in [-0.2, -0.15) is 0 Å². The molecule has 0 spiro atoms. The molecule has 1 aliphatic heterocycles. The van der Waals surface area contributed by atoms with Crippen LogP contribution in [0.25, 0.3) is 0 Å². The second-order valence-electron chi connectivity index (χ2n) is 15.2. The van der Waals surface area contributed by atoms with Crippen molar-refractivity contribution >= 4 is 45.2 Å². The number of nitrogens with zero attached hydrogens (tertiary/aromatic N) is 1. The number of anilines is 1. The Morgan fingerprint density at radius 3 is 2.13 bits per heavy atom. The summed E-state index contributed by atoms with van der Waals surface area (Å²) in [6.45, 7) is 12.0. The van der Waals surface area contributed by atoms with E-state index in [2.05, 4.69) is 49.4 Å². The van der Waals surface area contributed by atoms with Crippen molar-refractivity contribution in [2.24, 2.45) is 17.8 Å². The summed E-state index contributed by atoms with van der Waals surface area (Å²) < 4.78 is 0.940. The van der Waals surface area contributed by atoms with E-state index >= 15 is 0 Å². The largest absolute Gasteiger partial charge is 0.373 e. The van der Waals surface area contributed by atoms with Gasteiger partial charge in [-0.05, 0) is 100 Å². The zero-order valence-corrected chi connectivity index (χ0v) is 33.7. The summed E-state index contributed by atoms with van der Waals surface area (Å²) in [6, 6.07) is 20.6. The van der Waals surface area contributed by atoms with E-state index in [1.54, 1.807) is 25.1 Å². The van der Waals surface area contributed by atoms with E-state index in [1.165, 1.54) is 0 Å². The topological polar surface area (TPSA) is 152 Å². The first kappa shape index (κ1) is 40.9. The van der Waals surface area contributed by atoms with Crippen LogP contribution in [0.15, 0.2) is 77.3 Å². The van der Waals surface area contributed by atoms with Crippen molar-refractivity contribution in [2.75, 3.05) is 18.0 Å². The van der Waals surface area contributed by atoms with Gasteiger partial charge in [-0.1, -0.05) is 72.2 Å². The number of benzene rings is 3. The van der Waals surface area contributed by atoms with Crippen molar-refractivity contribution in [2.45, 2.75) is 97.2 Å². The quantitative estimate of drug-likeness (QED) is 0.118. The van der Waals surface area contributed by atoms with Gasteiger partial charge in [0, 0.05) is 52.4 Å². The number of carbonyl (C=O) groups excluding carboxylic acids is 4. The van der Waals surface area contributed by atoms with E-state index in [0.717, 1.165) is 28.4 Å². The molecule has 12 heteroatoms. The number of hydrogen-bond donors (Lipinski definition) is 6. The lowest BCUT2D eigenvalue weighted by Crippen LogP contribution is -2.55. The second-order valence-corrected chi connectivity index (χ2v) is 16.1. The number of aliphatic hydroxyl groups is 1. The summed E-state index contributed by atoms with van der Waals surface area (Å²) in [6.07, 6.45) is 1.66. The van der Waals surface area contributed by atoms with Crippen LogP contribution in [0.5, 0.6) is 0 Å². The molecule has 54 heavy (non-hydrogen) atoms. The van der Waals surface area contributed by atoms with Gasteiger partial charge >= 0.3 is 0 Å². The first-order valence-electron chi connectivity index (χ1n) is 19.1. The molecule has 0 radical (unpaired) electrons. The molecule has 8 atom stereocenters. The van der Waals surface area contributed by atoms with Crippen LogP contribution in [0.4, 0.5) is 5.69 Å². The summed E-state index contributed by atoms with van der Waals surface area (Å²) in [5.41, 5.74) is 3.15. The highest BCUT2D eigenvalue weighted by Gasteiger charge is 2.50. The second kappa shape index (κ2) is 18.4. The highest BCUT2D eigenvalue weighted by atomic mass is 79.9. The number of piperidine rings is 1. The van der Waals surface area contributed by atoms with Crippen molar-refractivity contribution in [1.29, 1.82) is 0 Å². The number of rotatable bonds is 16. The smallest absolute Gasteiger partial charge is 0.251 e. The van der Waals surface area contributed by atoms with Crippen LogP contribution in [0.2, 0.25) is 0 Å². The number of nitrogens with one attached hydrogen (secondary N) is 5. The zero-order chi connectivity index (χ0) is 39.1. The molecule has 2 fully saturated rings. The Hall–Kier alpha value is -4.26. The molecule has 0 bridgehead atoms. The van der Waals surface area contributed by atoms with Gasteiger partial charge in [0.05, 0.1) is 12.1 Å². The average molecular weight is 804 g/mol. The molecule has 3 aromatic rings. The Kier molecular flexibility index (Phi) is 13.9. The van der Waals surface area contributed by atoms with Gasteiger partial charge < -0.3 is 36.6 Å². The van der Waals surface area contributed by atoms with Crippen molar-refractivity contribution in [3.8, 4) is 0 Å². The Labute approximate surface area is 327 Å². The zero-order valence-electron chi connectivity index (χ0n) is 32.1. The predicted molar refractivity (Wildman–Crippen MR) is 215 cm³/mol. The molecule has 4 unspecified atom stereocenters. The number of fused-ring (bicyclic) bond motifs is 1. The molecule has 2 aliphatic rings. The number of halogens is 1. The predicted octanol–water partition coefficient (Wildman–Crippen LogP) is 5.09. The Bertz CT molecular complexity index is 1770. The van der Waals surface area contributed by atoms with Crippen molar-refractivity contribution < 1.29 is 24.3 Å². The highest BCUT2D eigenvalue weighted by molar-refractivity contribution is 9.10. The monoisotopic (exact) mass is 802 g/mol.